The van der Waals surface area contributed by atoms with Crippen molar-refractivity contribution >= 4 is 10.0 Å². The van der Waals surface area contributed by atoms with Crippen molar-refractivity contribution in [1.82, 2.24) is 19.5 Å². The van der Waals surface area contributed by atoms with Gasteiger partial charge in [-0.05, 0) is 31.0 Å². The number of aromatic nitrogens is 3. The highest BCUT2D eigenvalue weighted by Crippen LogP contribution is 2.28. The number of sulfonamides is 1. The van der Waals surface area contributed by atoms with E-state index in [1.165, 1.54) is 6.26 Å². The molecule has 1 aliphatic rings. The first-order valence-corrected chi connectivity index (χ1v) is 8.81. The predicted molar refractivity (Wildman–Crippen MR) is 80.2 cm³/mol. The van der Waals surface area contributed by atoms with Crippen LogP contribution in [0, 0.1) is 0 Å². The number of nitrogens with zero attached hydrogens (tertiary/aromatic N) is 3. The average molecular weight is 306 g/mol. The minimum Gasteiger partial charge on any atom is -0.276 e. The number of pyridine rings is 1. The van der Waals surface area contributed by atoms with Crippen LogP contribution in [0.3, 0.4) is 0 Å². The molecule has 0 aliphatic carbocycles. The SMILES string of the molecule is CS(=O)(=O)N1CCC[C@@H](c2cccc(-c3ccn[nH]3)n2)C1. The molecule has 0 radical (unpaired) electrons. The van der Waals surface area contributed by atoms with Gasteiger partial charge in [-0.2, -0.15) is 5.10 Å². The molecule has 1 atom stereocenters. The van der Waals surface area contributed by atoms with E-state index in [1.807, 2.05) is 24.3 Å². The number of H-pyrrole nitrogens is 1. The third-order valence-electron chi connectivity index (χ3n) is 3.82. The third-order valence-corrected chi connectivity index (χ3v) is 5.09. The predicted octanol–water partition coefficient (Wildman–Crippen LogP) is 1.61. The Morgan fingerprint density at radius 3 is 2.90 bits per heavy atom. The lowest BCUT2D eigenvalue weighted by atomic mass is 9.95. The van der Waals surface area contributed by atoms with Crippen molar-refractivity contribution in [2.45, 2.75) is 18.8 Å². The monoisotopic (exact) mass is 306 g/mol. The topological polar surface area (TPSA) is 79.0 Å². The molecule has 3 rings (SSSR count). The second kappa shape index (κ2) is 5.57. The lowest BCUT2D eigenvalue weighted by Crippen LogP contribution is -2.38. The quantitative estimate of drug-likeness (QED) is 0.934. The van der Waals surface area contributed by atoms with Crippen molar-refractivity contribution in [1.29, 1.82) is 0 Å². The molecule has 0 spiro atoms. The van der Waals surface area contributed by atoms with Gasteiger partial charge in [0, 0.05) is 30.9 Å². The molecule has 6 nitrogen and oxygen atoms in total. The fourth-order valence-electron chi connectivity index (χ4n) is 2.71. The lowest BCUT2D eigenvalue weighted by molar-refractivity contribution is 0.314. The van der Waals surface area contributed by atoms with Gasteiger partial charge in [0.05, 0.1) is 17.6 Å². The van der Waals surface area contributed by atoms with Crippen LogP contribution >= 0.6 is 0 Å². The summed E-state index contributed by atoms with van der Waals surface area (Å²) in [6.07, 6.45) is 4.79. The molecule has 0 saturated carbocycles. The van der Waals surface area contributed by atoms with Gasteiger partial charge in [0.15, 0.2) is 0 Å². The zero-order chi connectivity index (χ0) is 14.9. The van der Waals surface area contributed by atoms with E-state index in [0.717, 1.165) is 29.9 Å². The summed E-state index contributed by atoms with van der Waals surface area (Å²) in [5.74, 6) is 0.149. The zero-order valence-electron chi connectivity index (χ0n) is 11.9. The van der Waals surface area contributed by atoms with Crippen LogP contribution in [0.15, 0.2) is 30.5 Å². The van der Waals surface area contributed by atoms with E-state index in [-0.39, 0.29) is 5.92 Å². The molecule has 1 fully saturated rings. The van der Waals surface area contributed by atoms with Crippen LogP contribution in [-0.4, -0.2) is 47.2 Å². The highest BCUT2D eigenvalue weighted by Gasteiger charge is 2.27. The van der Waals surface area contributed by atoms with Crippen molar-refractivity contribution in [3.63, 3.8) is 0 Å². The highest BCUT2D eigenvalue weighted by molar-refractivity contribution is 7.88. The maximum Gasteiger partial charge on any atom is 0.211 e. The van der Waals surface area contributed by atoms with Crippen molar-refractivity contribution < 1.29 is 8.42 Å². The minimum absolute atomic E-state index is 0.149. The van der Waals surface area contributed by atoms with Gasteiger partial charge < -0.3 is 0 Å². The number of aromatic amines is 1. The molecule has 7 heteroatoms. The van der Waals surface area contributed by atoms with Crippen LogP contribution in [0.4, 0.5) is 0 Å². The van der Waals surface area contributed by atoms with Gasteiger partial charge in [-0.15, -0.1) is 0 Å². The number of hydrogen-bond donors (Lipinski definition) is 1. The van der Waals surface area contributed by atoms with Gasteiger partial charge in [-0.3, -0.25) is 10.1 Å². The standard InChI is InChI=1S/C14H18N4O2S/c1-21(19,20)18-9-3-4-11(10-18)12-5-2-6-13(16-12)14-7-8-15-17-14/h2,5-8,11H,3-4,9-10H2,1H3,(H,15,17)/t11-/m1/s1. The van der Waals surface area contributed by atoms with E-state index in [4.69, 9.17) is 0 Å². The number of rotatable bonds is 3. The number of hydrogen-bond acceptors (Lipinski definition) is 4. The molecule has 3 heterocycles. The largest absolute Gasteiger partial charge is 0.276 e. The third kappa shape index (κ3) is 3.14. The van der Waals surface area contributed by atoms with E-state index in [2.05, 4.69) is 15.2 Å². The Hall–Kier alpha value is -1.73. The first-order valence-electron chi connectivity index (χ1n) is 6.96. The summed E-state index contributed by atoms with van der Waals surface area (Å²) in [6.45, 7) is 1.12. The summed E-state index contributed by atoms with van der Waals surface area (Å²) in [5, 5.41) is 6.83. The second-order valence-electron chi connectivity index (χ2n) is 5.38. The highest BCUT2D eigenvalue weighted by atomic mass is 32.2. The van der Waals surface area contributed by atoms with Crippen LogP contribution in [0.5, 0.6) is 0 Å². The van der Waals surface area contributed by atoms with Crippen molar-refractivity contribution in [3.05, 3.63) is 36.2 Å². The summed E-state index contributed by atoms with van der Waals surface area (Å²) >= 11 is 0. The van der Waals surface area contributed by atoms with E-state index < -0.39 is 10.0 Å². The van der Waals surface area contributed by atoms with Crippen LogP contribution in [0.2, 0.25) is 0 Å². The molecule has 1 N–H and O–H groups in total. The second-order valence-corrected chi connectivity index (χ2v) is 7.36. The summed E-state index contributed by atoms with van der Waals surface area (Å²) in [7, 11) is -3.13. The first-order chi connectivity index (χ1) is 10.0. The Kier molecular flexibility index (Phi) is 3.77. The molecule has 1 saturated heterocycles. The van der Waals surface area contributed by atoms with Gasteiger partial charge in [-0.25, -0.2) is 12.7 Å². The Bertz CT molecular complexity index is 712. The maximum atomic E-state index is 11.7. The van der Waals surface area contributed by atoms with E-state index in [1.54, 1.807) is 10.5 Å². The van der Waals surface area contributed by atoms with Crippen LogP contribution in [0.1, 0.15) is 24.5 Å². The molecular formula is C14H18N4O2S. The Labute approximate surface area is 124 Å². The first kappa shape index (κ1) is 14.2. The van der Waals surface area contributed by atoms with E-state index >= 15 is 0 Å². The van der Waals surface area contributed by atoms with Crippen molar-refractivity contribution in [3.8, 4) is 11.4 Å². The summed E-state index contributed by atoms with van der Waals surface area (Å²) in [6, 6.07) is 7.72. The zero-order valence-corrected chi connectivity index (χ0v) is 12.7. The normalized spacial score (nSPS) is 20.5. The smallest absolute Gasteiger partial charge is 0.211 e. The molecule has 1 aliphatic heterocycles. The van der Waals surface area contributed by atoms with E-state index in [9.17, 15) is 8.42 Å². The summed E-state index contributed by atoms with van der Waals surface area (Å²) < 4.78 is 25.0. The molecule has 2 aromatic rings. The number of piperidine rings is 1. The fraction of sp³-hybridized carbons (Fsp3) is 0.429. The minimum atomic E-state index is -3.13. The van der Waals surface area contributed by atoms with Gasteiger partial charge in [0.1, 0.15) is 0 Å². The Morgan fingerprint density at radius 1 is 1.33 bits per heavy atom. The van der Waals surface area contributed by atoms with E-state index in [0.29, 0.717) is 13.1 Å². The van der Waals surface area contributed by atoms with Gasteiger partial charge in [0.25, 0.3) is 0 Å². The Balaban J connectivity index is 1.85. The van der Waals surface area contributed by atoms with Gasteiger partial charge in [0.2, 0.25) is 10.0 Å². The van der Waals surface area contributed by atoms with Crippen molar-refractivity contribution in [2.24, 2.45) is 0 Å². The molecule has 0 amide bonds. The van der Waals surface area contributed by atoms with Crippen LogP contribution < -0.4 is 0 Å². The molecular weight excluding hydrogens is 288 g/mol. The summed E-state index contributed by atoms with van der Waals surface area (Å²) in [5.41, 5.74) is 2.64. The van der Waals surface area contributed by atoms with Crippen molar-refractivity contribution in [2.75, 3.05) is 19.3 Å². The molecule has 21 heavy (non-hydrogen) atoms. The number of nitrogens with one attached hydrogen (secondary N) is 1. The summed E-state index contributed by atoms with van der Waals surface area (Å²) in [4.78, 5) is 4.66. The average Bonchev–Trinajstić information content (AvgIpc) is 3.01. The molecule has 112 valence electrons. The van der Waals surface area contributed by atoms with Crippen LogP contribution in [-0.2, 0) is 10.0 Å². The lowest BCUT2D eigenvalue weighted by Gasteiger charge is -2.30. The molecule has 0 bridgehead atoms. The maximum absolute atomic E-state index is 11.7. The molecule has 2 aromatic heterocycles. The Morgan fingerprint density at radius 2 is 2.19 bits per heavy atom. The van der Waals surface area contributed by atoms with Gasteiger partial charge >= 0.3 is 0 Å². The van der Waals surface area contributed by atoms with Gasteiger partial charge in [-0.1, -0.05) is 6.07 Å². The molecule has 0 aromatic carbocycles. The fourth-order valence-corrected chi connectivity index (χ4v) is 3.62. The molecule has 0 unspecified atom stereocenters. The van der Waals surface area contributed by atoms with Crippen LogP contribution in [0.25, 0.3) is 11.4 Å².